The molecule has 22 heavy (non-hydrogen) atoms. The molecule has 0 saturated carbocycles. The number of hydrogen-bond donors (Lipinski definition) is 2. The van der Waals surface area contributed by atoms with Gasteiger partial charge in [0.05, 0.1) is 0 Å². The van der Waals surface area contributed by atoms with Crippen LogP contribution >= 0.6 is 0 Å². The number of piperazine rings is 1. The first-order valence-corrected chi connectivity index (χ1v) is 7.96. The predicted molar refractivity (Wildman–Crippen MR) is 90.1 cm³/mol. The molecule has 0 atom stereocenters. The van der Waals surface area contributed by atoms with Crippen LogP contribution in [-0.4, -0.2) is 66.1 Å². The number of rotatable bonds is 6. The molecule has 0 unspecified atom stereocenters. The number of nitrogens with zero attached hydrogens (tertiary/aromatic N) is 5. The number of anilines is 1. The first kappa shape index (κ1) is 16.5. The first-order valence-electron chi connectivity index (χ1n) is 7.96. The van der Waals surface area contributed by atoms with Crippen molar-refractivity contribution in [3.05, 3.63) is 18.5 Å². The van der Waals surface area contributed by atoms with E-state index in [9.17, 15) is 0 Å². The van der Waals surface area contributed by atoms with Crippen LogP contribution in [-0.2, 0) is 0 Å². The number of hydrogen-bond acceptors (Lipinski definition) is 5. The van der Waals surface area contributed by atoms with Gasteiger partial charge in [-0.05, 0) is 26.3 Å². The summed E-state index contributed by atoms with van der Waals surface area (Å²) in [7, 11) is 0. The number of aromatic nitrogens is 2. The van der Waals surface area contributed by atoms with E-state index < -0.39 is 0 Å². The Hall–Kier alpha value is -1.89. The summed E-state index contributed by atoms with van der Waals surface area (Å²) in [5.74, 6) is 1.38. The van der Waals surface area contributed by atoms with E-state index >= 15 is 0 Å². The van der Waals surface area contributed by atoms with E-state index in [0.29, 0.717) is 12.0 Å². The highest BCUT2D eigenvalue weighted by molar-refractivity contribution is 5.77. The molecule has 0 radical (unpaired) electrons. The van der Waals surface area contributed by atoms with Crippen molar-refractivity contribution in [2.24, 2.45) is 10.7 Å². The van der Waals surface area contributed by atoms with Gasteiger partial charge in [0.1, 0.15) is 0 Å². The van der Waals surface area contributed by atoms with Gasteiger partial charge in [-0.15, -0.1) is 0 Å². The summed E-state index contributed by atoms with van der Waals surface area (Å²) < 4.78 is 0. The summed E-state index contributed by atoms with van der Waals surface area (Å²) in [5, 5.41) is 3.10. The van der Waals surface area contributed by atoms with Crippen LogP contribution in [0.1, 0.15) is 20.3 Å². The number of nitrogens with one attached hydrogen (secondary N) is 1. The van der Waals surface area contributed by atoms with Crippen LogP contribution in [0.3, 0.4) is 0 Å². The van der Waals surface area contributed by atoms with Crippen molar-refractivity contribution in [2.45, 2.75) is 26.3 Å². The summed E-state index contributed by atoms with van der Waals surface area (Å²) >= 11 is 0. The topological polar surface area (TPSA) is 82.7 Å². The molecule has 0 amide bonds. The SMILES string of the molecule is CC(C)NC(N)=NCCCN1CCN(c2ncccn2)CC1. The molecule has 1 aliphatic rings. The molecule has 0 aliphatic carbocycles. The standard InChI is InChI=1S/C15H27N7/c1-13(2)20-14(16)17-7-4-8-21-9-11-22(12-10-21)15-18-5-3-6-19-15/h3,5-6,13H,4,7-12H2,1-2H3,(H3,16,17,20). The van der Waals surface area contributed by atoms with Gasteiger partial charge in [0, 0.05) is 57.7 Å². The molecular formula is C15H27N7. The minimum absolute atomic E-state index is 0.331. The van der Waals surface area contributed by atoms with E-state index in [1.54, 1.807) is 12.4 Å². The quantitative estimate of drug-likeness (QED) is 0.447. The van der Waals surface area contributed by atoms with Crippen molar-refractivity contribution in [1.29, 1.82) is 0 Å². The third-order valence-corrected chi connectivity index (χ3v) is 3.56. The molecule has 1 aromatic rings. The van der Waals surface area contributed by atoms with Crippen molar-refractivity contribution < 1.29 is 0 Å². The zero-order chi connectivity index (χ0) is 15.8. The molecule has 7 heteroatoms. The molecule has 0 spiro atoms. The Bertz CT molecular complexity index is 452. The van der Waals surface area contributed by atoms with Gasteiger partial charge < -0.3 is 16.0 Å². The van der Waals surface area contributed by atoms with Crippen molar-refractivity contribution in [3.63, 3.8) is 0 Å². The second kappa shape index (κ2) is 8.53. The van der Waals surface area contributed by atoms with Crippen LogP contribution in [0.5, 0.6) is 0 Å². The summed E-state index contributed by atoms with van der Waals surface area (Å²) in [5.41, 5.74) is 5.78. The highest BCUT2D eigenvalue weighted by Gasteiger charge is 2.17. The third kappa shape index (κ3) is 5.48. The molecule has 2 rings (SSSR count). The van der Waals surface area contributed by atoms with Gasteiger partial charge in [0.2, 0.25) is 5.95 Å². The van der Waals surface area contributed by atoms with Gasteiger partial charge in [0.15, 0.2) is 5.96 Å². The van der Waals surface area contributed by atoms with Gasteiger partial charge in [0.25, 0.3) is 0 Å². The Morgan fingerprint density at radius 2 is 1.95 bits per heavy atom. The summed E-state index contributed by atoms with van der Waals surface area (Å²) in [4.78, 5) is 17.6. The lowest BCUT2D eigenvalue weighted by atomic mass is 10.3. The molecule has 3 N–H and O–H groups in total. The molecule has 1 aromatic heterocycles. The molecule has 1 saturated heterocycles. The summed E-state index contributed by atoms with van der Waals surface area (Å²) in [6, 6.07) is 2.18. The summed E-state index contributed by atoms with van der Waals surface area (Å²) in [6.45, 7) is 9.98. The lowest BCUT2D eigenvalue weighted by Gasteiger charge is -2.34. The number of aliphatic imine (C=N–C) groups is 1. The Kier molecular flexibility index (Phi) is 6.39. The smallest absolute Gasteiger partial charge is 0.225 e. The third-order valence-electron chi connectivity index (χ3n) is 3.56. The van der Waals surface area contributed by atoms with E-state index in [1.807, 2.05) is 6.07 Å². The first-order chi connectivity index (χ1) is 10.6. The van der Waals surface area contributed by atoms with E-state index in [2.05, 4.69) is 43.9 Å². The van der Waals surface area contributed by atoms with Crippen LogP contribution in [0.2, 0.25) is 0 Å². The Labute approximate surface area is 132 Å². The minimum atomic E-state index is 0.331. The average molecular weight is 305 g/mol. The molecular weight excluding hydrogens is 278 g/mol. The van der Waals surface area contributed by atoms with Gasteiger partial charge >= 0.3 is 0 Å². The maximum absolute atomic E-state index is 5.78. The predicted octanol–water partition coefficient (Wildman–Crippen LogP) is 0.301. The second-order valence-electron chi connectivity index (χ2n) is 5.80. The molecule has 1 fully saturated rings. The lowest BCUT2D eigenvalue weighted by Crippen LogP contribution is -2.47. The fraction of sp³-hybridized carbons (Fsp3) is 0.667. The van der Waals surface area contributed by atoms with Gasteiger partial charge in [-0.1, -0.05) is 0 Å². The highest BCUT2D eigenvalue weighted by Crippen LogP contribution is 2.09. The molecule has 122 valence electrons. The molecule has 1 aliphatic heterocycles. The fourth-order valence-electron chi connectivity index (χ4n) is 2.46. The van der Waals surface area contributed by atoms with Gasteiger partial charge in [-0.25, -0.2) is 9.97 Å². The second-order valence-corrected chi connectivity index (χ2v) is 5.80. The normalized spacial score (nSPS) is 17.0. The molecule has 0 aromatic carbocycles. The van der Waals surface area contributed by atoms with E-state index in [0.717, 1.165) is 51.6 Å². The molecule has 2 heterocycles. The maximum atomic E-state index is 5.78. The van der Waals surface area contributed by atoms with Crippen LogP contribution in [0.25, 0.3) is 0 Å². The Morgan fingerprint density at radius 3 is 2.59 bits per heavy atom. The van der Waals surface area contributed by atoms with Crippen LogP contribution < -0.4 is 16.0 Å². The van der Waals surface area contributed by atoms with Gasteiger partial charge in [-0.2, -0.15) is 0 Å². The zero-order valence-corrected chi connectivity index (χ0v) is 13.6. The zero-order valence-electron chi connectivity index (χ0n) is 13.6. The largest absolute Gasteiger partial charge is 0.370 e. The van der Waals surface area contributed by atoms with Crippen LogP contribution in [0, 0.1) is 0 Å². The molecule has 7 nitrogen and oxygen atoms in total. The summed E-state index contributed by atoms with van der Waals surface area (Å²) in [6.07, 6.45) is 4.62. The Balaban J connectivity index is 1.64. The van der Waals surface area contributed by atoms with E-state index in [-0.39, 0.29) is 0 Å². The average Bonchev–Trinajstić information content (AvgIpc) is 2.52. The highest BCUT2D eigenvalue weighted by atomic mass is 15.3. The van der Waals surface area contributed by atoms with E-state index in [4.69, 9.17) is 5.73 Å². The fourth-order valence-corrected chi connectivity index (χ4v) is 2.46. The van der Waals surface area contributed by atoms with Gasteiger partial charge in [-0.3, -0.25) is 9.89 Å². The molecule has 0 bridgehead atoms. The monoisotopic (exact) mass is 305 g/mol. The maximum Gasteiger partial charge on any atom is 0.225 e. The Morgan fingerprint density at radius 1 is 1.27 bits per heavy atom. The minimum Gasteiger partial charge on any atom is -0.370 e. The van der Waals surface area contributed by atoms with Crippen molar-refractivity contribution in [1.82, 2.24) is 20.2 Å². The van der Waals surface area contributed by atoms with Crippen molar-refractivity contribution in [2.75, 3.05) is 44.2 Å². The number of guanidine groups is 1. The van der Waals surface area contributed by atoms with E-state index in [1.165, 1.54) is 0 Å². The van der Waals surface area contributed by atoms with Crippen LogP contribution in [0.15, 0.2) is 23.5 Å². The lowest BCUT2D eigenvalue weighted by molar-refractivity contribution is 0.255. The van der Waals surface area contributed by atoms with Crippen molar-refractivity contribution in [3.8, 4) is 0 Å². The number of nitrogens with two attached hydrogens (primary N) is 1. The van der Waals surface area contributed by atoms with Crippen LogP contribution in [0.4, 0.5) is 5.95 Å². The van der Waals surface area contributed by atoms with Crippen molar-refractivity contribution >= 4 is 11.9 Å².